The lowest BCUT2D eigenvalue weighted by atomic mass is 10.1. The van der Waals surface area contributed by atoms with E-state index in [9.17, 15) is 0 Å². The van der Waals surface area contributed by atoms with Crippen molar-refractivity contribution in [2.24, 2.45) is 0 Å². The highest BCUT2D eigenvalue weighted by molar-refractivity contribution is 5.75. The van der Waals surface area contributed by atoms with E-state index in [4.69, 9.17) is 14.2 Å². The predicted molar refractivity (Wildman–Crippen MR) is 86.2 cm³/mol. The molecule has 2 aromatic rings. The van der Waals surface area contributed by atoms with Crippen molar-refractivity contribution in [3.8, 4) is 17.2 Å². The quantitative estimate of drug-likeness (QED) is 0.770. The van der Waals surface area contributed by atoms with Gasteiger partial charge in [-0.3, -0.25) is 0 Å². The standard InChI is InChI=1S/C18H20O3/c1-13-5-10-17(20-3)15(11-13)7-6-14-8-9-16(19-2)12-18(14)21-4/h5-12H,1-4H3/b7-6+. The molecule has 0 fully saturated rings. The van der Waals surface area contributed by atoms with Gasteiger partial charge in [0.2, 0.25) is 0 Å². The van der Waals surface area contributed by atoms with Crippen molar-refractivity contribution in [1.29, 1.82) is 0 Å². The maximum absolute atomic E-state index is 5.39. The van der Waals surface area contributed by atoms with Crippen LogP contribution in [0.15, 0.2) is 36.4 Å². The van der Waals surface area contributed by atoms with Crippen LogP contribution in [-0.4, -0.2) is 21.3 Å². The van der Waals surface area contributed by atoms with Crippen molar-refractivity contribution >= 4 is 12.2 Å². The molecule has 0 aromatic heterocycles. The third-order valence-electron chi connectivity index (χ3n) is 3.27. The summed E-state index contributed by atoms with van der Waals surface area (Å²) >= 11 is 0. The first-order chi connectivity index (χ1) is 10.2. The highest BCUT2D eigenvalue weighted by Gasteiger charge is 2.03. The van der Waals surface area contributed by atoms with Gasteiger partial charge in [0, 0.05) is 17.2 Å². The maximum Gasteiger partial charge on any atom is 0.129 e. The van der Waals surface area contributed by atoms with Crippen LogP contribution in [0.4, 0.5) is 0 Å². The topological polar surface area (TPSA) is 27.7 Å². The van der Waals surface area contributed by atoms with Crippen molar-refractivity contribution in [3.05, 3.63) is 53.1 Å². The number of ether oxygens (including phenoxy) is 3. The van der Waals surface area contributed by atoms with Gasteiger partial charge in [-0.05, 0) is 31.2 Å². The number of hydrogen-bond acceptors (Lipinski definition) is 3. The summed E-state index contributed by atoms with van der Waals surface area (Å²) in [5.74, 6) is 2.40. The first-order valence-corrected chi connectivity index (χ1v) is 6.72. The summed E-state index contributed by atoms with van der Waals surface area (Å²) in [6.07, 6.45) is 4.03. The molecule has 0 saturated carbocycles. The van der Waals surface area contributed by atoms with Crippen LogP contribution in [-0.2, 0) is 0 Å². The number of aryl methyl sites for hydroxylation is 1. The summed E-state index contributed by atoms with van der Waals surface area (Å²) in [7, 11) is 4.97. The summed E-state index contributed by atoms with van der Waals surface area (Å²) in [6.45, 7) is 2.06. The van der Waals surface area contributed by atoms with Crippen LogP contribution in [0.5, 0.6) is 17.2 Å². The molecule has 0 atom stereocenters. The second-order valence-corrected chi connectivity index (χ2v) is 4.69. The molecular weight excluding hydrogens is 264 g/mol. The van der Waals surface area contributed by atoms with E-state index in [-0.39, 0.29) is 0 Å². The Morgan fingerprint density at radius 3 is 2.10 bits per heavy atom. The van der Waals surface area contributed by atoms with Gasteiger partial charge in [0.05, 0.1) is 21.3 Å². The normalized spacial score (nSPS) is 10.7. The van der Waals surface area contributed by atoms with E-state index in [1.165, 1.54) is 5.56 Å². The summed E-state index contributed by atoms with van der Waals surface area (Å²) in [4.78, 5) is 0. The van der Waals surface area contributed by atoms with Crippen LogP contribution >= 0.6 is 0 Å². The fraction of sp³-hybridized carbons (Fsp3) is 0.222. The summed E-state index contributed by atoms with van der Waals surface area (Å²) in [5, 5.41) is 0. The summed E-state index contributed by atoms with van der Waals surface area (Å²) in [6, 6.07) is 11.8. The van der Waals surface area contributed by atoms with E-state index in [2.05, 4.69) is 13.0 Å². The minimum Gasteiger partial charge on any atom is -0.497 e. The smallest absolute Gasteiger partial charge is 0.129 e. The van der Waals surface area contributed by atoms with Gasteiger partial charge in [0.15, 0.2) is 0 Å². The van der Waals surface area contributed by atoms with Crippen molar-refractivity contribution < 1.29 is 14.2 Å². The maximum atomic E-state index is 5.39. The average Bonchev–Trinajstić information content (AvgIpc) is 2.52. The molecule has 0 radical (unpaired) electrons. The van der Waals surface area contributed by atoms with Gasteiger partial charge in [-0.1, -0.05) is 23.8 Å². The van der Waals surface area contributed by atoms with E-state index in [0.29, 0.717) is 0 Å². The lowest BCUT2D eigenvalue weighted by molar-refractivity contribution is 0.394. The molecule has 3 heteroatoms. The monoisotopic (exact) mass is 284 g/mol. The molecule has 2 rings (SSSR count). The van der Waals surface area contributed by atoms with E-state index in [0.717, 1.165) is 28.4 Å². The minimum absolute atomic E-state index is 0.775. The molecular formula is C18H20O3. The molecule has 0 saturated heterocycles. The molecule has 0 aliphatic carbocycles. The molecule has 21 heavy (non-hydrogen) atoms. The number of hydrogen-bond donors (Lipinski definition) is 0. The van der Waals surface area contributed by atoms with Gasteiger partial charge < -0.3 is 14.2 Å². The molecule has 0 aliphatic heterocycles. The minimum atomic E-state index is 0.775. The van der Waals surface area contributed by atoms with E-state index >= 15 is 0 Å². The molecule has 110 valence electrons. The van der Waals surface area contributed by atoms with Gasteiger partial charge in [-0.15, -0.1) is 0 Å². The van der Waals surface area contributed by atoms with Crippen LogP contribution < -0.4 is 14.2 Å². The Hall–Kier alpha value is -2.42. The fourth-order valence-corrected chi connectivity index (χ4v) is 2.12. The van der Waals surface area contributed by atoms with Gasteiger partial charge in [0.25, 0.3) is 0 Å². The Balaban J connectivity index is 2.35. The third-order valence-corrected chi connectivity index (χ3v) is 3.27. The van der Waals surface area contributed by atoms with Crippen molar-refractivity contribution in [2.45, 2.75) is 6.92 Å². The second kappa shape index (κ2) is 6.84. The molecule has 0 spiro atoms. The van der Waals surface area contributed by atoms with E-state index in [1.807, 2.05) is 42.5 Å². The zero-order valence-electron chi connectivity index (χ0n) is 12.8. The second-order valence-electron chi connectivity index (χ2n) is 4.69. The summed E-state index contributed by atoms with van der Waals surface area (Å²) < 4.78 is 16.0. The zero-order chi connectivity index (χ0) is 15.2. The Kier molecular flexibility index (Phi) is 4.88. The largest absolute Gasteiger partial charge is 0.497 e. The zero-order valence-corrected chi connectivity index (χ0v) is 12.8. The van der Waals surface area contributed by atoms with Gasteiger partial charge in [-0.25, -0.2) is 0 Å². The Labute approximate surface area is 125 Å². The van der Waals surface area contributed by atoms with Gasteiger partial charge >= 0.3 is 0 Å². The Morgan fingerprint density at radius 2 is 1.43 bits per heavy atom. The molecule has 2 aromatic carbocycles. The Morgan fingerprint density at radius 1 is 0.714 bits per heavy atom. The molecule has 0 bridgehead atoms. The van der Waals surface area contributed by atoms with Crippen molar-refractivity contribution in [3.63, 3.8) is 0 Å². The fourth-order valence-electron chi connectivity index (χ4n) is 2.12. The summed E-state index contributed by atoms with van der Waals surface area (Å²) in [5.41, 5.74) is 3.22. The number of methoxy groups -OCH3 is 3. The lowest BCUT2D eigenvalue weighted by Crippen LogP contribution is -1.90. The molecule has 0 amide bonds. The first kappa shape index (κ1) is 15.0. The average molecular weight is 284 g/mol. The molecule has 0 N–H and O–H groups in total. The SMILES string of the molecule is COc1ccc(/C=C/c2cc(C)ccc2OC)c(OC)c1. The van der Waals surface area contributed by atoms with Gasteiger partial charge in [0.1, 0.15) is 17.2 Å². The molecule has 0 aliphatic rings. The predicted octanol–water partition coefficient (Wildman–Crippen LogP) is 4.19. The first-order valence-electron chi connectivity index (χ1n) is 6.72. The number of rotatable bonds is 5. The Bertz CT molecular complexity index is 645. The van der Waals surface area contributed by atoms with E-state index < -0.39 is 0 Å². The highest BCUT2D eigenvalue weighted by atomic mass is 16.5. The van der Waals surface area contributed by atoms with Crippen LogP contribution in [0.25, 0.3) is 12.2 Å². The third kappa shape index (κ3) is 3.57. The van der Waals surface area contributed by atoms with Gasteiger partial charge in [-0.2, -0.15) is 0 Å². The lowest BCUT2D eigenvalue weighted by Gasteiger charge is -2.08. The van der Waals surface area contributed by atoms with Crippen LogP contribution in [0.3, 0.4) is 0 Å². The van der Waals surface area contributed by atoms with Crippen LogP contribution in [0.2, 0.25) is 0 Å². The number of benzene rings is 2. The van der Waals surface area contributed by atoms with Crippen LogP contribution in [0, 0.1) is 6.92 Å². The van der Waals surface area contributed by atoms with E-state index in [1.54, 1.807) is 21.3 Å². The molecule has 0 unspecified atom stereocenters. The molecule has 3 nitrogen and oxygen atoms in total. The molecule has 0 heterocycles. The highest BCUT2D eigenvalue weighted by Crippen LogP contribution is 2.28. The van der Waals surface area contributed by atoms with Crippen molar-refractivity contribution in [1.82, 2.24) is 0 Å². The van der Waals surface area contributed by atoms with Crippen LogP contribution in [0.1, 0.15) is 16.7 Å². The van der Waals surface area contributed by atoms with Crippen molar-refractivity contribution in [2.75, 3.05) is 21.3 Å².